The predicted octanol–water partition coefficient (Wildman–Crippen LogP) is 4.57. The van der Waals surface area contributed by atoms with Crippen LogP contribution in [0.15, 0.2) is 65.7 Å². The van der Waals surface area contributed by atoms with Crippen LogP contribution in [0, 0.1) is 0 Å². The van der Waals surface area contributed by atoms with Crippen molar-refractivity contribution < 1.29 is 24.2 Å². The van der Waals surface area contributed by atoms with Crippen LogP contribution in [0.3, 0.4) is 0 Å². The Kier molecular flexibility index (Phi) is 6.23. The van der Waals surface area contributed by atoms with Gasteiger partial charge in [0.2, 0.25) is 0 Å². The maximum atomic E-state index is 13.1. The molecule has 0 spiro atoms. The average Bonchev–Trinajstić information content (AvgIpc) is 3.44. The van der Waals surface area contributed by atoms with E-state index in [-0.39, 0.29) is 11.3 Å². The molecule has 2 heterocycles. The zero-order chi connectivity index (χ0) is 22.7. The molecule has 3 aromatic rings. The summed E-state index contributed by atoms with van der Waals surface area (Å²) in [6.07, 6.45) is 2.40. The largest absolute Gasteiger partial charge is 0.507 e. The van der Waals surface area contributed by atoms with Crippen LogP contribution in [0.4, 0.5) is 5.13 Å². The van der Waals surface area contributed by atoms with Gasteiger partial charge in [-0.25, -0.2) is 4.98 Å². The van der Waals surface area contributed by atoms with Gasteiger partial charge in [0.15, 0.2) is 5.13 Å². The lowest BCUT2D eigenvalue weighted by Crippen LogP contribution is -2.29. The molecule has 1 aliphatic rings. The van der Waals surface area contributed by atoms with Gasteiger partial charge in [0, 0.05) is 17.1 Å². The van der Waals surface area contributed by atoms with Crippen LogP contribution >= 0.6 is 11.3 Å². The Morgan fingerprint density at radius 1 is 1.16 bits per heavy atom. The van der Waals surface area contributed by atoms with Crippen molar-refractivity contribution in [1.82, 2.24) is 4.98 Å². The molecular weight excluding hydrogens is 428 g/mol. The molecule has 0 bridgehead atoms. The summed E-state index contributed by atoms with van der Waals surface area (Å²) in [7, 11) is 1.54. The molecule has 0 radical (unpaired) electrons. The molecule has 1 N–H and O–H groups in total. The van der Waals surface area contributed by atoms with Gasteiger partial charge in [-0.3, -0.25) is 14.5 Å². The summed E-state index contributed by atoms with van der Waals surface area (Å²) in [6.45, 7) is 2.53. The van der Waals surface area contributed by atoms with Crippen LogP contribution in [-0.2, 0) is 9.59 Å². The third-order valence-electron chi connectivity index (χ3n) is 5.06. The number of ether oxygens (including phenoxy) is 2. The van der Waals surface area contributed by atoms with Gasteiger partial charge < -0.3 is 14.6 Å². The molecule has 32 heavy (non-hydrogen) atoms. The van der Waals surface area contributed by atoms with Gasteiger partial charge in [0.1, 0.15) is 17.3 Å². The Hall–Kier alpha value is -3.65. The number of hydrogen-bond donors (Lipinski definition) is 1. The summed E-state index contributed by atoms with van der Waals surface area (Å²) >= 11 is 1.24. The van der Waals surface area contributed by atoms with Gasteiger partial charge in [-0.1, -0.05) is 31.2 Å². The number of aliphatic hydroxyl groups excluding tert-OH is 1. The van der Waals surface area contributed by atoms with E-state index >= 15 is 0 Å². The highest BCUT2D eigenvalue weighted by molar-refractivity contribution is 7.14. The van der Waals surface area contributed by atoms with E-state index in [2.05, 4.69) is 4.98 Å². The molecule has 1 amide bonds. The van der Waals surface area contributed by atoms with Crippen molar-refractivity contribution in [3.05, 3.63) is 76.8 Å². The number of nitrogens with zero attached hydrogens (tertiary/aromatic N) is 2. The first-order valence-corrected chi connectivity index (χ1v) is 11.0. The minimum atomic E-state index is -0.850. The Morgan fingerprint density at radius 2 is 1.94 bits per heavy atom. The number of benzene rings is 2. The zero-order valence-electron chi connectivity index (χ0n) is 17.6. The minimum Gasteiger partial charge on any atom is -0.507 e. The molecule has 7 nitrogen and oxygen atoms in total. The van der Waals surface area contributed by atoms with Crippen LogP contribution in [-0.4, -0.2) is 35.5 Å². The summed E-state index contributed by atoms with van der Waals surface area (Å²) in [5, 5.41) is 13.3. The lowest BCUT2D eigenvalue weighted by Gasteiger charge is -2.23. The van der Waals surface area contributed by atoms with Crippen LogP contribution in [0.5, 0.6) is 11.5 Å². The predicted molar refractivity (Wildman–Crippen MR) is 122 cm³/mol. The molecule has 164 valence electrons. The number of ketones is 1. The van der Waals surface area contributed by atoms with Crippen molar-refractivity contribution in [1.29, 1.82) is 0 Å². The van der Waals surface area contributed by atoms with Gasteiger partial charge in [0.05, 0.1) is 25.3 Å². The summed E-state index contributed by atoms with van der Waals surface area (Å²) in [5.74, 6) is -0.638. The second kappa shape index (κ2) is 9.23. The number of aliphatic hydroxyl groups is 1. The normalized spacial score (nSPS) is 17.6. The van der Waals surface area contributed by atoms with Crippen LogP contribution < -0.4 is 14.4 Å². The molecule has 1 aliphatic heterocycles. The quantitative estimate of drug-likeness (QED) is 0.322. The Morgan fingerprint density at radius 3 is 2.66 bits per heavy atom. The highest BCUT2D eigenvalue weighted by Crippen LogP contribution is 2.43. The third-order valence-corrected chi connectivity index (χ3v) is 5.83. The Labute approximate surface area is 189 Å². The number of rotatable bonds is 7. The lowest BCUT2D eigenvalue weighted by molar-refractivity contribution is -0.132. The van der Waals surface area contributed by atoms with Crippen LogP contribution in [0.1, 0.15) is 30.5 Å². The first kappa shape index (κ1) is 21.6. The second-order valence-corrected chi connectivity index (χ2v) is 8.01. The molecule has 1 fully saturated rings. The number of anilines is 1. The van der Waals surface area contributed by atoms with Gasteiger partial charge in [-0.05, 0) is 36.2 Å². The van der Waals surface area contributed by atoms with Gasteiger partial charge >= 0.3 is 5.91 Å². The lowest BCUT2D eigenvalue weighted by atomic mass is 9.95. The minimum absolute atomic E-state index is 0.00825. The van der Waals surface area contributed by atoms with E-state index in [1.165, 1.54) is 16.2 Å². The van der Waals surface area contributed by atoms with E-state index < -0.39 is 17.7 Å². The molecule has 1 saturated heterocycles. The number of hydrogen-bond acceptors (Lipinski definition) is 7. The van der Waals surface area contributed by atoms with Crippen molar-refractivity contribution >= 4 is 33.9 Å². The van der Waals surface area contributed by atoms with E-state index in [9.17, 15) is 14.7 Å². The van der Waals surface area contributed by atoms with Crippen molar-refractivity contribution in [2.45, 2.75) is 19.4 Å². The standard InChI is InChI=1S/C24H22N2O5S/c1-3-11-31-18-9-5-7-16(14-18)21(27)19-20(15-6-4-8-17(13-15)30-2)26(23(29)22(19)28)24-25-10-12-32-24/h4-10,12-14,20,27H,3,11H2,1-2H3. The molecule has 8 heteroatoms. The second-order valence-electron chi connectivity index (χ2n) is 7.14. The molecule has 2 aromatic carbocycles. The molecule has 1 aromatic heterocycles. The third kappa shape index (κ3) is 3.97. The number of thiazole rings is 1. The maximum absolute atomic E-state index is 13.1. The number of amides is 1. The van der Waals surface area contributed by atoms with E-state index in [4.69, 9.17) is 9.47 Å². The van der Waals surface area contributed by atoms with E-state index in [1.807, 2.05) is 6.92 Å². The Balaban J connectivity index is 1.88. The molecule has 1 atom stereocenters. The number of carbonyl (C=O) groups is 2. The average molecular weight is 451 g/mol. The molecule has 0 saturated carbocycles. The number of carbonyl (C=O) groups excluding carboxylic acids is 2. The molecular formula is C24H22N2O5S. The smallest absolute Gasteiger partial charge is 0.301 e. The first-order chi connectivity index (χ1) is 15.5. The zero-order valence-corrected chi connectivity index (χ0v) is 18.5. The van der Waals surface area contributed by atoms with E-state index in [0.717, 1.165) is 6.42 Å². The summed E-state index contributed by atoms with van der Waals surface area (Å²) in [4.78, 5) is 31.7. The fourth-order valence-corrected chi connectivity index (χ4v) is 4.27. The van der Waals surface area contributed by atoms with Gasteiger partial charge in [-0.15, -0.1) is 11.3 Å². The highest BCUT2D eigenvalue weighted by Gasteiger charge is 2.48. The van der Waals surface area contributed by atoms with E-state index in [0.29, 0.717) is 34.4 Å². The van der Waals surface area contributed by atoms with Gasteiger partial charge in [0.25, 0.3) is 5.78 Å². The highest BCUT2D eigenvalue weighted by atomic mass is 32.1. The number of Topliss-reactive ketones (excluding diaryl/α,β-unsaturated/α-hetero) is 1. The maximum Gasteiger partial charge on any atom is 0.301 e. The summed E-state index contributed by atoms with van der Waals surface area (Å²) in [5.41, 5.74) is 1.01. The Bertz CT molecular complexity index is 1170. The molecule has 1 unspecified atom stereocenters. The topological polar surface area (TPSA) is 89.0 Å². The monoisotopic (exact) mass is 450 g/mol. The van der Waals surface area contributed by atoms with Crippen LogP contribution in [0.2, 0.25) is 0 Å². The summed E-state index contributed by atoms with van der Waals surface area (Å²) < 4.78 is 11.0. The van der Waals surface area contributed by atoms with E-state index in [1.54, 1.807) is 67.2 Å². The fraction of sp³-hybridized carbons (Fsp3) is 0.208. The van der Waals surface area contributed by atoms with Crippen molar-refractivity contribution in [3.63, 3.8) is 0 Å². The SMILES string of the molecule is CCCOc1cccc(C(O)=C2C(=O)C(=O)N(c3nccs3)C2c2cccc(OC)c2)c1. The van der Waals surface area contributed by atoms with Gasteiger partial charge in [-0.2, -0.15) is 0 Å². The van der Waals surface area contributed by atoms with Crippen molar-refractivity contribution in [3.8, 4) is 11.5 Å². The molecule has 4 rings (SSSR count). The van der Waals surface area contributed by atoms with Crippen molar-refractivity contribution in [2.75, 3.05) is 18.6 Å². The molecule has 0 aliphatic carbocycles. The van der Waals surface area contributed by atoms with Crippen LogP contribution in [0.25, 0.3) is 5.76 Å². The fourth-order valence-electron chi connectivity index (χ4n) is 3.60. The number of aromatic nitrogens is 1. The summed E-state index contributed by atoms with van der Waals surface area (Å²) in [6, 6.07) is 13.1. The first-order valence-electron chi connectivity index (χ1n) is 10.1. The number of methoxy groups -OCH3 is 1. The van der Waals surface area contributed by atoms with Crippen molar-refractivity contribution in [2.24, 2.45) is 0 Å².